The first-order chi connectivity index (χ1) is 33.0. The number of esters is 2. The van der Waals surface area contributed by atoms with Crippen molar-refractivity contribution in [2.24, 2.45) is 0 Å². The van der Waals surface area contributed by atoms with Gasteiger partial charge in [0, 0.05) is 12.8 Å². The Morgan fingerprint density at radius 2 is 0.794 bits per heavy atom. The lowest BCUT2D eigenvalue weighted by Gasteiger charge is -2.24. The van der Waals surface area contributed by atoms with E-state index in [2.05, 4.69) is 166 Å². The van der Waals surface area contributed by atoms with Crippen LogP contribution in [0.1, 0.15) is 142 Å². The minimum atomic E-state index is -4.42. The van der Waals surface area contributed by atoms with Gasteiger partial charge >= 0.3 is 19.8 Å². The van der Waals surface area contributed by atoms with Gasteiger partial charge in [-0.3, -0.25) is 18.6 Å². The molecule has 0 aromatic rings. The molecule has 380 valence electrons. The SMILES string of the molecule is CC/C=C\C/C=C\C/C=C\C/C=C\C/C=C\C/C=C\C/C=C\C/C=C\CCCCC(=O)OC(COC(=O)CCC/C=C\C/C=C\C/C=C\C/C=C\C/C=C\CC)COP(=O)(O)OCC[N+](C)(C)C. The molecule has 0 aliphatic rings. The molecule has 0 saturated heterocycles. The number of hydrogen-bond donors (Lipinski definition) is 1. The van der Waals surface area contributed by atoms with Crippen molar-refractivity contribution in [3.8, 4) is 0 Å². The maximum absolute atomic E-state index is 12.7. The number of ether oxygens (including phenoxy) is 2. The number of phosphoric acid groups is 1. The summed E-state index contributed by atoms with van der Waals surface area (Å²) in [5.41, 5.74) is 0. The van der Waals surface area contributed by atoms with Gasteiger partial charge in [-0.25, -0.2) is 4.57 Å². The van der Waals surface area contributed by atoms with E-state index in [-0.39, 0.29) is 26.1 Å². The Morgan fingerprint density at radius 1 is 0.456 bits per heavy atom. The van der Waals surface area contributed by atoms with E-state index in [1.807, 2.05) is 27.2 Å². The fourth-order valence-electron chi connectivity index (χ4n) is 5.71. The molecule has 0 fully saturated rings. The summed E-state index contributed by atoms with van der Waals surface area (Å²) >= 11 is 0. The molecule has 9 nitrogen and oxygen atoms in total. The van der Waals surface area contributed by atoms with Gasteiger partial charge in [0.1, 0.15) is 19.8 Å². The lowest BCUT2D eigenvalue weighted by molar-refractivity contribution is -0.870. The van der Waals surface area contributed by atoms with Gasteiger partial charge in [0.15, 0.2) is 6.10 Å². The van der Waals surface area contributed by atoms with Crippen molar-refractivity contribution in [1.82, 2.24) is 0 Å². The molecule has 1 N–H and O–H groups in total. The number of nitrogens with zero attached hydrogens (tertiary/aromatic N) is 1. The first-order valence-corrected chi connectivity index (χ1v) is 26.7. The Morgan fingerprint density at radius 3 is 1.16 bits per heavy atom. The second kappa shape index (κ2) is 47.7. The van der Waals surface area contributed by atoms with Crippen LogP contribution in [-0.4, -0.2) is 74.9 Å². The van der Waals surface area contributed by atoms with Crippen LogP contribution in [0, 0.1) is 0 Å². The standard InChI is InChI=1S/C58H90NO8P/c1-6-8-10-12-14-16-18-20-22-24-25-26-27-28-29-30-31-32-33-35-37-39-41-43-45-47-49-51-58(61)67-56(55-66-68(62,63)65-53-52-59(3,4)5)54-64-57(60)50-48-46-44-42-40-38-36-34-23-21-19-17-15-13-11-9-7-2/h8-11,14-17,20-23,25-26,28-29,31-32,35-38,41-44,56H,6-7,12-13,18-19,24,27,30,33-34,39-40,45-55H2,1-5H3/p+1/b10-8-,11-9-,16-14-,17-15-,22-20-,23-21-,26-25-,29-28-,32-31-,37-35-,38-36-,43-41-,44-42-. The predicted molar refractivity (Wildman–Crippen MR) is 288 cm³/mol. The minimum absolute atomic E-state index is 0.00363. The van der Waals surface area contributed by atoms with Crippen molar-refractivity contribution in [3.05, 3.63) is 158 Å². The summed E-state index contributed by atoms with van der Waals surface area (Å²) in [5, 5.41) is 0. The van der Waals surface area contributed by atoms with E-state index in [1.54, 1.807) is 0 Å². The van der Waals surface area contributed by atoms with E-state index >= 15 is 0 Å². The van der Waals surface area contributed by atoms with Crippen molar-refractivity contribution < 1.29 is 42.1 Å². The number of hydrogen-bond acceptors (Lipinski definition) is 7. The van der Waals surface area contributed by atoms with Gasteiger partial charge in [0.25, 0.3) is 0 Å². The number of rotatable bonds is 43. The molecule has 0 saturated carbocycles. The van der Waals surface area contributed by atoms with Gasteiger partial charge in [0.2, 0.25) is 0 Å². The number of unbranched alkanes of at least 4 members (excludes halogenated alkanes) is 3. The smallest absolute Gasteiger partial charge is 0.462 e. The monoisotopic (exact) mass is 961 g/mol. The summed E-state index contributed by atoms with van der Waals surface area (Å²) in [5.74, 6) is -0.937. The van der Waals surface area contributed by atoms with Crippen LogP contribution in [-0.2, 0) is 32.7 Å². The van der Waals surface area contributed by atoms with Crippen LogP contribution in [0.25, 0.3) is 0 Å². The van der Waals surface area contributed by atoms with Crippen molar-refractivity contribution in [3.63, 3.8) is 0 Å². The number of phosphoric ester groups is 1. The second-order valence-electron chi connectivity index (χ2n) is 17.1. The topological polar surface area (TPSA) is 108 Å². The molecule has 0 rings (SSSR count). The molecule has 0 aromatic heterocycles. The molecule has 2 unspecified atom stereocenters. The molecule has 0 aromatic carbocycles. The van der Waals surface area contributed by atoms with Crippen molar-refractivity contribution in [2.45, 2.75) is 148 Å². The maximum Gasteiger partial charge on any atom is 0.472 e. The van der Waals surface area contributed by atoms with Crippen LogP contribution < -0.4 is 0 Å². The number of likely N-dealkylation sites (N-methyl/N-ethyl adjacent to an activating group) is 1. The highest BCUT2D eigenvalue weighted by atomic mass is 31.2. The summed E-state index contributed by atoms with van der Waals surface area (Å²) in [6.45, 7) is 4.04. The quantitative estimate of drug-likeness (QED) is 0.0212. The van der Waals surface area contributed by atoms with Crippen molar-refractivity contribution >= 4 is 19.8 Å². The molecule has 0 amide bonds. The molecular formula is C58H91NO8P+. The molecule has 10 heteroatoms. The fourth-order valence-corrected chi connectivity index (χ4v) is 6.45. The summed E-state index contributed by atoms with van der Waals surface area (Å²) < 4.78 is 34.3. The Balaban J connectivity index is 4.48. The maximum atomic E-state index is 12.7. The molecule has 0 aliphatic carbocycles. The highest BCUT2D eigenvalue weighted by molar-refractivity contribution is 7.47. The van der Waals surface area contributed by atoms with Crippen LogP contribution in [0.5, 0.6) is 0 Å². The Hall–Kier alpha value is -4.37. The first-order valence-electron chi connectivity index (χ1n) is 25.2. The molecule has 68 heavy (non-hydrogen) atoms. The number of allylic oxidation sites excluding steroid dienone is 26. The summed E-state index contributed by atoms with van der Waals surface area (Å²) in [7, 11) is 1.38. The van der Waals surface area contributed by atoms with E-state index in [9.17, 15) is 19.0 Å². The predicted octanol–water partition coefficient (Wildman–Crippen LogP) is 15.4. The Labute approximate surface area is 414 Å². The van der Waals surface area contributed by atoms with Crippen molar-refractivity contribution in [2.75, 3.05) is 47.5 Å². The molecule has 0 radical (unpaired) electrons. The highest BCUT2D eigenvalue weighted by Gasteiger charge is 2.27. The normalized spacial score (nSPS) is 14.7. The average Bonchev–Trinajstić information content (AvgIpc) is 3.30. The average molecular weight is 961 g/mol. The lowest BCUT2D eigenvalue weighted by Crippen LogP contribution is -2.37. The third-order valence-corrected chi connectivity index (χ3v) is 10.5. The van der Waals surface area contributed by atoms with Gasteiger partial charge in [-0.1, -0.05) is 172 Å². The molecule has 0 aliphatic heterocycles. The first kappa shape index (κ1) is 63.6. The number of carbonyl (C=O) groups is 2. The van der Waals surface area contributed by atoms with E-state index < -0.39 is 32.5 Å². The van der Waals surface area contributed by atoms with E-state index in [1.165, 1.54) is 0 Å². The van der Waals surface area contributed by atoms with Crippen LogP contribution >= 0.6 is 7.82 Å². The highest BCUT2D eigenvalue weighted by Crippen LogP contribution is 2.43. The molecule has 0 heterocycles. The van der Waals surface area contributed by atoms with Gasteiger partial charge < -0.3 is 18.9 Å². The molecule has 2 atom stereocenters. The zero-order chi connectivity index (χ0) is 49.9. The van der Waals surface area contributed by atoms with Gasteiger partial charge in [-0.15, -0.1) is 0 Å². The summed E-state index contributed by atoms with van der Waals surface area (Å²) in [6.07, 6.45) is 71.7. The Kier molecular flexibility index (Phi) is 44.6. The largest absolute Gasteiger partial charge is 0.472 e. The van der Waals surface area contributed by atoms with Crippen LogP contribution in [0.15, 0.2) is 158 Å². The molecular weight excluding hydrogens is 870 g/mol. The molecule has 0 spiro atoms. The fraction of sp³-hybridized carbons (Fsp3) is 0.517. The number of quaternary nitrogens is 1. The van der Waals surface area contributed by atoms with Gasteiger partial charge in [-0.2, -0.15) is 0 Å². The van der Waals surface area contributed by atoms with Crippen LogP contribution in [0.3, 0.4) is 0 Å². The van der Waals surface area contributed by atoms with E-state index in [0.717, 1.165) is 103 Å². The third kappa shape index (κ3) is 51.0. The molecule has 0 bridgehead atoms. The zero-order valence-corrected chi connectivity index (χ0v) is 43.7. The zero-order valence-electron chi connectivity index (χ0n) is 42.8. The Bertz CT molecular complexity index is 1700. The third-order valence-electron chi connectivity index (χ3n) is 9.55. The summed E-state index contributed by atoms with van der Waals surface area (Å²) in [6, 6.07) is 0. The number of carbonyl (C=O) groups excluding carboxylic acids is 2. The summed E-state index contributed by atoms with van der Waals surface area (Å²) in [4.78, 5) is 35.5. The van der Waals surface area contributed by atoms with Crippen molar-refractivity contribution in [1.29, 1.82) is 0 Å². The second-order valence-corrected chi connectivity index (χ2v) is 18.5. The van der Waals surface area contributed by atoms with E-state index in [0.29, 0.717) is 23.9 Å². The van der Waals surface area contributed by atoms with Crippen LogP contribution in [0.4, 0.5) is 0 Å². The minimum Gasteiger partial charge on any atom is -0.462 e. The lowest BCUT2D eigenvalue weighted by atomic mass is 10.2. The van der Waals surface area contributed by atoms with E-state index in [4.69, 9.17) is 18.5 Å². The van der Waals surface area contributed by atoms with Crippen LogP contribution in [0.2, 0.25) is 0 Å². The van der Waals surface area contributed by atoms with Gasteiger partial charge in [-0.05, 0) is 116 Å². The van der Waals surface area contributed by atoms with Gasteiger partial charge in [0.05, 0.1) is 27.7 Å².